The lowest BCUT2D eigenvalue weighted by atomic mass is 9.99. The van der Waals surface area contributed by atoms with Crippen LogP contribution in [0, 0.1) is 11.8 Å². The van der Waals surface area contributed by atoms with Gasteiger partial charge in [0, 0.05) is 25.6 Å². The molecule has 22 heavy (non-hydrogen) atoms. The van der Waals surface area contributed by atoms with Gasteiger partial charge in [-0.1, -0.05) is 50.6 Å². The van der Waals surface area contributed by atoms with Gasteiger partial charge in [-0.3, -0.25) is 4.79 Å². The standard InChI is InChI=1S/C18H28N2O.ClH/c1-14(2)12-20(13-15-7-4-3-5-8-15)18(21)11-16-9-6-10-17(16)19;/h3-5,7-8,14,16-17H,6,9-13,19H2,1-2H3;1H/t16-,17+;/m0./s1. The monoisotopic (exact) mass is 324 g/mol. The summed E-state index contributed by atoms with van der Waals surface area (Å²) in [7, 11) is 0. The van der Waals surface area contributed by atoms with Crippen molar-refractivity contribution >= 4 is 18.3 Å². The van der Waals surface area contributed by atoms with Crippen LogP contribution in [0.2, 0.25) is 0 Å². The molecule has 0 heterocycles. The fraction of sp³-hybridized carbons (Fsp3) is 0.611. The Morgan fingerprint density at radius 2 is 1.95 bits per heavy atom. The van der Waals surface area contributed by atoms with E-state index in [1.54, 1.807) is 0 Å². The molecule has 0 spiro atoms. The van der Waals surface area contributed by atoms with Crippen molar-refractivity contribution in [2.75, 3.05) is 6.54 Å². The highest BCUT2D eigenvalue weighted by Gasteiger charge is 2.28. The Morgan fingerprint density at radius 3 is 2.50 bits per heavy atom. The second-order valence-corrected chi connectivity index (χ2v) is 6.71. The normalized spacial score (nSPS) is 20.7. The minimum atomic E-state index is 0. The molecule has 1 fully saturated rings. The highest BCUT2D eigenvalue weighted by Crippen LogP contribution is 2.27. The fourth-order valence-electron chi connectivity index (χ4n) is 3.17. The molecule has 0 unspecified atom stereocenters. The molecule has 0 aliphatic heterocycles. The van der Waals surface area contributed by atoms with Crippen molar-refractivity contribution in [2.45, 2.75) is 52.1 Å². The molecule has 3 nitrogen and oxygen atoms in total. The molecular weight excluding hydrogens is 296 g/mol. The van der Waals surface area contributed by atoms with E-state index in [0.717, 1.165) is 19.4 Å². The average molecular weight is 325 g/mol. The second-order valence-electron chi connectivity index (χ2n) is 6.71. The zero-order chi connectivity index (χ0) is 15.2. The Hall–Kier alpha value is -1.06. The van der Waals surface area contributed by atoms with Crippen LogP contribution < -0.4 is 5.73 Å². The van der Waals surface area contributed by atoms with E-state index in [1.165, 1.54) is 12.0 Å². The zero-order valence-electron chi connectivity index (χ0n) is 13.7. The lowest BCUT2D eigenvalue weighted by Crippen LogP contribution is -2.37. The van der Waals surface area contributed by atoms with Crippen LogP contribution in [0.15, 0.2) is 30.3 Å². The SMILES string of the molecule is CC(C)CN(Cc1ccccc1)C(=O)C[C@@H]1CCC[C@H]1N.Cl. The molecule has 0 aromatic heterocycles. The van der Waals surface area contributed by atoms with Crippen LogP contribution >= 0.6 is 12.4 Å². The molecule has 2 N–H and O–H groups in total. The molecule has 1 aromatic rings. The number of hydrogen-bond donors (Lipinski definition) is 1. The molecule has 1 aromatic carbocycles. The first kappa shape index (κ1) is 19.0. The number of nitrogens with zero attached hydrogens (tertiary/aromatic N) is 1. The smallest absolute Gasteiger partial charge is 0.223 e. The molecule has 0 radical (unpaired) electrons. The predicted octanol–water partition coefficient (Wildman–Crippen LogP) is 3.61. The van der Waals surface area contributed by atoms with E-state index in [4.69, 9.17) is 5.73 Å². The Labute approximate surface area is 140 Å². The summed E-state index contributed by atoms with van der Waals surface area (Å²) in [5.41, 5.74) is 7.31. The number of hydrogen-bond acceptors (Lipinski definition) is 2. The van der Waals surface area contributed by atoms with Gasteiger partial charge in [0.15, 0.2) is 0 Å². The molecular formula is C18H29ClN2O. The van der Waals surface area contributed by atoms with Crippen LogP contribution in [0.4, 0.5) is 0 Å². The molecule has 4 heteroatoms. The third-order valence-corrected chi connectivity index (χ3v) is 4.31. The minimum Gasteiger partial charge on any atom is -0.338 e. The van der Waals surface area contributed by atoms with Gasteiger partial charge in [-0.05, 0) is 30.2 Å². The maximum Gasteiger partial charge on any atom is 0.223 e. The van der Waals surface area contributed by atoms with Crippen LogP contribution in [0.1, 0.15) is 45.1 Å². The van der Waals surface area contributed by atoms with Crippen LogP contribution in [-0.2, 0) is 11.3 Å². The van der Waals surface area contributed by atoms with E-state index in [9.17, 15) is 4.79 Å². The van der Waals surface area contributed by atoms with Gasteiger partial charge in [-0.2, -0.15) is 0 Å². The number of rotatable bonds is 6. The number of amides is 1. The molecule has 0 saturated heterocycles. The molecule has 1 amide bonds. The Bertz CT molecular complexity index is 450. The summed E-state index contributed by atoms with van der Waals surface area (Å²) in [5, 5.41) is 0. The van der Waals surface area contributed by atoms with Gasteiger partial charge in [0.05, 0.1) is 0 Å². The number of halogens is 1. The summed E-state index contributed by atoms with van der Waals surface area (Å²) in [4.78, 5) is 14.7. The maximum atomic E-state index is 12.7. The largest absolute Gasteiger partial charge is 0.338 e. The van der Waals surface area contributed by atoms with Gasteiger partial charge >= 0.3 is 0 Å². The third-order valence-electron chi connectivity index (χ3n) is 4.31. The summed E-state index contributed by atoms with van der Waals surface area (Å²) < 4.78 is 0. The summed E-state index contributed by atoms with van der Waals surface area (Å²) in [6, 6.07) is 10.5. The topological polar surface area (TPSA) is 46.3 Å². The van der Waals surface area contributed by atoms with Crippen molar-refractivity contribution < 1.29 is 4.79 Å². The van der Waals surface area contributed by atoms with Crippen molar-refractivity contribution in [3.63, 3.8) is 0 Å². The van der Waals surface area contributed by atoms with E-state index in [-0.39, 0.29) is 24.4 Å². The summed E-state index contributed by atoms with van der Waals surface area (Å²) in [6.07, 6.45) is 3.96. The summed E-state index contributed by atoms with van der Waals surface area (Å²) in [6.45, 7) is 5.84. The molecule has 1 aliphatic carbocycles. The van der Waals surface area contributed by atoms with E-state index >= 15 is 0 Å². The first-order valence-electron chi connectivity index (χ1n) is 8.13. The van der Waals surface area contributed by atoms with Crippen molar-refractivity contribution in [1.82, 2.24) is 4.90 Å². The van der Waals surface area contributed by atoms with Gasteiger partial charge in [0.25, 0.3) is 0 Å². The van der Waals surface area contributed by atoms with Crippen molar-refractivity contribution in [3.8, 4) is 0 Å². The van der Waals surface area contributed by atoms with Gasteiger partial charge in [-0.15, -0.1) is 12.4 Å². The van der Waals surface area contributed by atoms with E-state index in [2.05, 4.69) is 26.0 Å². The van der Waals surface area contributed by atoms with Crippen LogP contribution in [-0.4, -0.2) is 23.4 Å². The van der Waals surface area contributed by atoms with E-state index in [1.807, 2.05) is 23.1 Å². The number of benzene rings is 1. The number of nitrogens with two attached hydrogens (primary N) is 1. The zero-order valence-corrected chi connectivity index (χ0v) is 14.5. The maximum absolute atomic E-state index is 12.7. The van der Waals surface area contributed by atoms with Gasteiger partial charge in [-0.25, -0.2) is 0 Å². The predicted molar refractivity (Wildman–Crippen MR) is 93.9 cm³/mol. The quantitative estimate of drug-likeness (QED) is 0.868. The fourth-order valence-corrected chi connectivity index (χ4v) is 3.17. The van der Waals surface area contributed by atoms with Crippen molar-refractivity contribution in [1.29, 1.82) is 0 Å². The molecule has 2 rings (SSSR count). The number of carbonyl (C=O) groups is 1. The van der Waals surface area contributed by atoms with Gasteiger partial charge < -0.3 is 10.6 Å². The van der Waals surface area contributed by atoms with E-state index in [0.29, 0.717) is 24.8 Å². The lowest BCUT2D eigenvalue weighted by molar-refractivity contribution is -0.133. The highest BCUT2D eigenvalue weighted by atomic mass is 35.5. The number of carbonyl (C=O) groups excluding carboxylic acids is 1. The molecule has 1 aliphatic rings. The summed E-state index contributed by atoms with van der Waals surface area (Å²) >= 11 is 0. The summed E-state index contributed by atoms with van der Waals surface area (Å²) in [5.74, 6) is 1.12. The van der Waals surface area contributed by atoms with Gasteiger partial charge in [0.2, 0.25) is 5.91 Å². The average Bonchev–Trinajstić information content (AvgIpc) is 2.84. The first-order valence-corrected chi connectivity index (χ1v) is 8.13. The third kappa shape index (κ3) is 5.62. The van der Waals surface area contributed by atoms with Gasteiger partial charge in [0.1, 0.15) is 0 Å². The van der Waals surface area contributed by atoms with Crippen LogP contribution in [0.5, 0.6) is 0 Å². The Balaban J connectivity index is 0.00000242. The molecule has 0 bridgehead atoms. The minimum absolute atomic E-state index is 0. The van der Waals surface area contributed by atoms with Crippen molar-refractivity contribution in [3.05, 3.63) is 35.9 Å². The lowest BCUT2D eigenvalue weighted by Gasteiger charge is -2.27. The second kappa shape index (κ2) is 9.16. The van der Waals surface area contributed by atoms with E-state index < -0.39 is 0 Å². The van der Waals surface area contributed by atoms with Crippen LogP contribution in [0.3, 0.4) is 0 Å². The Morgan fingerprint density at radius 1 is 1.27 bits per heavy atom. The molecule has 2 atom stereocenters. The highest BCUT2D eigenvalue weighted by molar-refractivity contribution is 5.85. The van der Waals surface area contributed by atoms with Crippen LogP contribution in [0.25, 0.3) is 0 Å². The first-order chi connectivity index (χ1) is 10.1. The molecule has 124 valence electrons. The molecule has 1 saturated carbocycles. The Kier molecular flexibility index (Phi) is 7.91. The van der Waals surface area contributed by atoms with Crippen molar-refractivity contribution in [2.24, 2.45) is 17.6 Å².